The van der Waals surface area contributed by atoms with Gasteiger partial charge < -0.3 is 4.90 Å². The van der Waals surface area contributed by atoms with Gasteiger partial charge in [-0.25, -0.2) is 17.5 Å². The molecule has 1 saturated heterocycles. The first kappa shape index (κ1) is 14.2. The largest absolute Gasteiger partial charge is 0.314 e. The lowest BCUT2D eigenvalue weighted by atomic mass is 10.2. The lowest BCUT2D eigenvalue weighted by Gasteiger charge is -2.20. The molecule has 1 aromatic rings. The summed E-state index contributed by atoms with van der Waals surface area (Å²) in [4.78, 5) is 13.3. The summed E-state index contributed by atoms with van der Waals surface area (Å²) in [5.74, 6) is -1.04. The molecule has 5 nitrogen and oxygen atoms in total. The summed E-state index contributed by atoms with van der Waals surface area (Å²) >= 11 is 5.64. The van der Waals surface area contributed by atoms with Crippen molar-refractivity contribution in [3.05, 3.63) is 29.0 Å². The van der Waals surface area contributed by atoms with Crippen molar-refractivity contribution in [1.82, 2.24) is 4.72 Å². The fourth-order valence-electron chi connectivity index (χ4n) is 1.84. The molecule has 1 N–H and O–H groups in total. The highest BCUT2D eigenvalue weighted by molar-refractivity contribution is 7.89. The molecule has 0 radical (unpaired) electrons. The fourth-order valence-corrected chi connectivity index (χ4v) is 3.33. The van der Waals surface area contributed by atoms with E-state index < -0.39 is 27.8 Å². The number of carbonyl (C=O) groups is 1. The number of hydrogen-bond donors (Lipinski definition) is 1. The molecule has 8 heteroatoms. The zero-order valence-corrected chi connectivity index (χ0v) is 11.6. The summed E-state index contributed by atoms with van der Waals surface area (Å²) in [5.41, 5.74) is 0.405. The zero-order chi connectivity index (χ0) is 14.2. The number of hydrogen-bond acceptors (Lipinski definition) is 3. The van der Waals surface area contributed by atoms with Gasteiger partial charge in [0.25, 0.3) is 0 Å². The molecule has 0 aliphatic carbocycles. The Hall–Kier alpha value is -1.18. The van der Waals surface area contributed by atoms with Crippen LogP contribution in [0.15, 0.2) is 18.2 Å². The van der Waals surface area contributed by atoms with Gasteiger partial charge in [-0.05, 0) is 24.6 Å². The minimum Gasteiger partial charge on any atom is -0.314 e. The monoisotopic (exact) mass is 306 g/mol. The molecule has 0 bridgehead atoms. The van der Waals surface area contributed by atoms with Crippen LogP contribution in [0.3, 0.4) is 0 Å². The van der Waals surface area contributed by atoms with Crippen LogP contribution in [0.1, 0.15) is 6.42 Å². The predicted molar refractivity (Wildman–Crippen MR) is 70.1 cm³/mol. The third kappa shape index (κ3) is 3.05. The van der Waals surface area contributed by atoms with Crippen molar-refractivity contribution in [1.29, 1.82) is 0 Å². The molecule has 1 heterocycles. The van der Waals surface area contributed by atoms with E-state index in [1.807, 2.05) is 0 Å². The first-order valence-electron chi connectivity index (χ1n) is 5.53. The van der Waals surface area contributed by atoms with E-state index in [0.29, 0.717) is 5.69 Å². The van der Waals surface area contributed by atoms with Crippen molar-refractivity contribution in [3.63, 3.8) is 0 Å². The Labute approximate surface area is 115 Å². The minimum atomic E-state index is -3.35. The molecule has 1 atom stereocenters. The highest BCUT2D eigenvalue weighted by Crippen LogP contribution is 2.23. The van der Waals surface area contributed by atoms with Gasteiger partial charge in [0, 0.05) is 12.7 Å². The standard InChI is InChI=1S/C11H12ClFN2O3S/c1-15(7-2-3-9(13)8(12)6-7)11(16)10-4-5-19(17,18)14-10/h2-3,6,10,14H,4-5H2,1H3/t10-/m0/s1. The van der Waals surface area contributed by atoms with E-state index in [2.05, 4.69) is 4.72 Å². The lowest BCUT2D eigenvalue weighted by Crippen LogP contribution is -2.42. The molecule has 0 unspecified atom stereocenters. The van der Waals surface area contributed by atoms with Gasteiger partial charge in [0.2, 0.25) is 15.9 Å². The van der Waals surface area contributed by atoms with Crippen LogP contribution in [0.5, 0.6) is 0 Å². The average molecular weight is 307 g/mol. The zero-order valence-electron chi connectivity index (χ0n) is 10.1. The molecule has 0 saturated carbocycles. The molecular formula is C11H12ClFN2O3S. The summed E-state index contributed by atoms with van der Waals surface area (Å²) < 4.78 is 37.8. The van der Waals surface area contributed by atoms with Crippen molar-refractivity contribution >= 4 is 33.2 Å². The minimum absolute atomic E-state index is 0.0680. The van der Waals surface area contributed by atoms with Crippen LogP contribution in [-0.2, 0) is 14.8 Å². The van der Waals surface area contributed by atoms with Gasteiger partial charge in [0.1, 0.15) is 11.9 Å². The predicted octanol–water partition coefficient (Wildman–Crippen LogP) is 1.13. The Bertz CT molecular complexity index is 620. The summed E-state index contributed by atoms with van der Waals surface area (Å²) in [5, 5.41) is -0.0934. The number of nitrogens with zero attached hydrogens (tertiary/aromatic N) is 1. The maximum Gasteiger partial charge on any atom is 0.244 e. The molecule has 19 heavy (non-hydrogen) atoms. The first-order valence-corrected chi connectivity index (χ1v) is 7.56. The third-order valence-electron chi connectivity index (χ3n) is 2.92. The molecule has 2 rings (SSSR count). The van der Waals surface area contributed by atoms with Crippen LogP contribution in [0, 0.1) is 5.82 Å². The van der Waals surface area contributed by atoms with Gasteiger partial charge in [0.05, 0.1) is 10.8 Å². The number of nitrogens with one attached hydrogen (secondary N) is 1. The van der Waals surface area contributed by atoms with Gasteiger partial charge in [-0.3, -0.25) is 4.79 Å². The van der Waals surface area contributed by atoms with E-state index in [0.717, 1.165) is 6.07 Å². The second-order valence-electron chi connectivity index (χ2n) is 4.27. The van der Waals surface area contributed by atoms with Crippen LogP contribution in [-0.4, -0.2) is 33.2 Å². The quantitative estimate of drug-likeness (QED) is 0.891. The van der Waals surface area contributed by atoms with E-state index in [9.17, 15) is 17.6 Å². The van der Waals surface area contributed by atoms with Crippen LogP contribution >= 0.6 is 11.6 Å². The normalized spacial score (nSPS) is 21.3. The number of benzene rings is 1. The molecule has 1 fully saturated rings. The molecule has 1 aliphatic rings. The number of carbonyl (C=O) groups excluding carboxylic acids is 1. The van der Waals surface area contributed by atoms with Crippen molar-refractivity contribution < 1.29 is 17.6 Å². The van der Waals surface area contributed by atoms with E-state index in [1.165, 1.54) is 24.1 Å². The summed E-state index contributed by atoms with van der Waals surface area (Å²) in [7, 11) is -1.87. The number of halogens is 2. The molecule has 104 valence electrons. The second kappa shape index (κ2) is 5.07. The Morgan fingerprint density at radius 1 is 1.53 bits per heavy atom. The SMILES string of the molecule is CN(C(=O)[C@@H]1CCS(=O)(=O)N1)c1ccc(F)c(Cl)c1. The van der Waals surface area contributed by atoms with Crippen molar-refractivity contribution in [3.8, 4) is 0 Å². The molecule has 1 aromatic carbocycles. The van der Waals surface area contributed by atoms with E-state index in [-0.39, 0.29) is 17.2 Å². The Morgan fingerprint density at radius 3 is 2.74 bits per heavy atom. The van der Waals surface area contributed by atoms with Crippen molar-refractivity contribution in [2.75, 3.05) is 17.7 Å². The summed E-state index contributed by atoms with van der Waals surface area (Å²) in [6.45, 7) is 0. The lowest BCUT2D eigenvalue weighted by molar-refractivity contribution is -0.119. The Morgan fingerprint density at radius 2 is 2.21 bits per heavy atom. The van der Waals surface area contributed by atoms with Crippen LogP contribution in [0.2, 0.25) is 5.02 Å². The summed E-state index contributed by atoms with van der Waals surface area (Å²) in [6.07, 6.45) is 0.223. The number of amides is 1. The second-order valence-corrected chi connectivity index (χ2v) is 6.55. The maximum atomic E-state index is 13.0. The van der Waals surface area contributed by atoms with E-state index >= 15 is 0 Å². The molecule has 1 amide bonds. The average Bonchev–Trinajstić information content (AvgIpc) is 2.71. The van der Waals surface area contributed by atoms with Gasteiger partial charge in [-0.1, -0.05) is 11.6 Å². The maximum absolute atomic E-state index is 13.0. The third-order valence-corrected chi connectivity index (χ3v) is 4.62. The molecule has 0 aromatic heterocycles. The van der Waals surface area contributed by atoms with Gasteiger partial charge in [-0.2, -0.15) is 0 Å². The molecule has 0 spiro atoms. The molecular weight excluding hydrogens is 295 g/mol. The van der Waals surface area contributed by atoms with Crippen molar-refractivity contribution in [2.45, 2.75) is 12.5 Å². The first-order chi connectivity index (χ1) is 8.80. The van der Waals surface area contributed by atoms with E-state index in [1.54, 1.807) is 0 Å². The smallest absolute Gasteiger partial charge is 0.244 e. The van der Waals surface area contributed by atoms with Gasteiger partial charge in [-0.15, -0.1) is 0 Å². The fraction of sp³-hybridized carbons (Fsp3) is 0.364. The Balaban J connectivity index is 2.17. The highest BCUT2D eigenvalue weighted by atomic mass is 35.5. The van der Waals surface area contributed by atoms with Crippen LogP contribution in [0.25, 0.3) is 0 Å². The van der Waals surface area contributed by atoms with Crippen LogP contribution in [0.4, 0.5) is 10.1 Å². The number of likely N-dealkylation sites (N-methyl/N-ethyl adjacent to an activating group) is 1. The highest BCUT2D eigenvalue weighted by Gasteiger charge is 2.34. The van der Waals surface area contributed by atoms with Crippen molar-refractivity contribution in [2.24, 2.45) is 0 Å². The van der Waals surface area contributed by atoms with Crippen LogP contribution < -0.4 is 9.62 Å². The number of anilines is 1. The van der Waals surface area contributed by atoms with Gasteiger partial charge in [0.15, 0.2) is 0 Å². The summed E-state index contributed by atoms with van der Waals surface area (Å²) in [6, 6.07) is 3.10. The number of sulfonamides is 1. The number of rotatable bonds is 2. The van der Waals surface area contributed by atoms with Gasteiger partial charge >= 0.3 is 0 Å². The Kier molecular flexibility index (Phi) is 3.80. The topological polar surface area (TPSA) is 66.5 Å². The molecule has 1 aliphatic heterocycles. The van der Waals surface area contributed by atoms with E-state index in [4.69, 9.17) is 11.6 Å².